The summed E-state index contributed by atoms with van der Waals surface area (Å²) in [5.41, 5.74) is 0. The van der Waals surface area contributed by atoms with Crippen LogP contribution in [0.4, 0.5) is 0 Å². The van der Waals surface area contributed by atoms with Crippen LogP contribution in [0.1, 0.15) is 348 Å². The number of phosphoric acid groups is 1. The maximum atomic E-state index is 12.9. The van der Waals surface area contributed by atoms with Gasteiger partial charge in [0, 0.05) is 12.8 Å². The molecule has 0 rings (SSSR count). The number of allylic oxidation sites excluding steroid dienone is 12. The van der Waals surface area contributed by atoms with Crippen LogP contribution < -0.4 is 0 Å². The summed E-state index contributed by atoms with van der Waals surface area (Å²) in [4.78, 5) is 35.9. The Morgan fingerprint density at radius 3 is 0.988 bits per heavy atom. The first kappa shape index (κ1) is 83.5. The van der Waals surface area contributed by atoms with E-state index in [2.05, 4.69) is 86.8 Å². The lowest BCUT2D eigenvalue weighted by atomic mass is 10.0. The van der Waals surface area contributed by atoms with Crippen LogP contribution >= 0.6 is 7.82 Å². The Balaban J connectivity index is 3.98. The molecule has 0 radical (unpaired) electrons. The van der Waals surface area contributed by atoms with Gasteiger partial charge in [0.2, 0.25) is 0 Å². The minimum atomic E-state index is -4.39. The molecule has 1 N–H and O–H groups in total. The van der Waals surface area contributed by atoms with Crippen molar-refractivity contribution in [2.24, 2.45) is 0 Å². The molecule has 0 aliphatic rings. The van der Waals surface area contributed by atoms with Crippen molar-refractivity contribution >= 4 is 19.8 Å². The third-order valence-electron chi connectivity index (χ3n) is 16.2. The summed E-state index contributed by atoms with van der Waals surface area (Å²) in [6, 6.07) is 0. The van der Waals surface area contributed by atoms with E-state index in [1.54, 1.807) is 0 Å². The van der Waals surface area contributed by atoms with E-state index < -0.39 is 26.5 Å². The molecule has 0 heterocycles. The number of carbonyl (C=O) groups is 2. The quantitative estimate of drug-likeness (QED) is 0.0211. The maximum absolute atomic E-state index is 12.9. The van der Waals surface area contributed by atoms with Crippen molar-refractivity contribution in [1.29, 1.82) is 0 Å². The summed E-state index contributed by atoms with van der Waals surface area (Å²) in [7, 11) is 1.49. The lowest BCUT2D eigenvalue weighted by Gasteiger charge is -2.24. The number of hydrogen-bond acceptors (Lipinski definition) is 7. The standard InChI is InChI=1S/C76H140NO8P/c1-6-8-10-12-14-16-18-20-22-24-26-28-30-32-34-36-37-38-39-41-43-45-47-49-51-53-55-57-59-61-63-65-67-69-76(79)85-74(73-84-86(80,81)83-71-70-77(3,4)5)72-82-75(78)68-66-64-62-60-58-56-54-52-50-48-46-44-42-40-35-33-31-29-27-25-23-21-19-17-15-13-11-9-7-2/h8,10,14,16,19-22,25-28,74H,6-7,9,11-13,15,17-18,23-24,29-73H2,1-5H3/p+1/b10-8-,16-14-,21-19-,22-20-,27-25-,28-26-. The molecule has 0 fully saturated rings. The average Bonchev–Trinajstić information content (AvgIpc) is 3.70. The smallest absolute Gasteiger partial charge is 0.462 e. The molecule has 0 spiro atoms. The number of unbranched alkanes of at least 4 members (excludes halogenated alkanes) is 42. The highest BCUT2D eigenvalue weighted by Gasteiger charge is 2.27. The second-order valence-electron chi connectivity index (χ2n) is 25.9. The van der Waals surface area contributed by atoms with Gasteiger partial charge in [-0.3, -0.25) is 18.6 Å². The molecule has 0 saturated carbocycles. The lowest BCUT2D eigenvalue weighted by Crippen LogP contribution is -2.37. The van der Waals surface area contributed by atoms with Crippen LogP contribution in [0, 0.1) is 0 Å². The first-order valence-corrected chi connectivity index (χ1v) is 38.2. The fourth-order valence-corrected chi connectivity index (χ4v) is 11.4. The molecule has 0 amide bonds. The molecule has 86 heavy (non-hydrogen) atoms. The van der Waals surface area contributed by atoms with Gasteiger partial charge >= 0.3 is 19.8 Å². The van der Waals surface area contributed by atoms with Gasteiger partial charge in [0.15, 0.2) is 6.10 Å². The summed E-state index contributed by atoms with van der Waals surface area (Å²) in [6.07, 6.45) is 90.2. The van der Waals surface area contributed by atoms with Gasteiger partial charge in [-0.05, 0) is 83.5 Å². The van der Waals surface area contributed by atoms with Crippen molar-refractivity contribution in [2.75, 3.05) is 47.5 Å². The number of nitrogens with zero attached hydrogens (tertiary/aromatic N) is 1. The van der Waals surface area contributed by atoms with Crippen molar-refractivity contribution in [3.8, 4) is 0 Å². The zero-order valence-electron chi connectivity index (χ0n) is 57.3. The summed E-state index contributed by atoms with van der Waals surface area (Å²) >= 11 is 0. The molecule has 0 aromatic heterocycles. The monoisotopic (exact) mass is 1230 g/mol. The van der Waals surface area contributed by atoms with Gasteiger partial charge in [-0.25, -0.2) is 4.57 Å². The first-order chi connectivity index (χ1) is 42.0. The summed E-state index contributed by atoms with van der Waals surface area (Å²) < 4.78 is 34.8. The molecule has 0 aliphatic heterocycles. The maximum Gasteiger partial charge on any atom is 0.472 e. The van der Waals surface area contributed by atoms with E-state index in [9.17, 15) is 19.0 Å². The number of hydrogen-bond donors (Lipinski definition) is 1. The minimum absolute atomic E-state index is 0.0326. The first-order valence-electron chi connectivity index (χ1n) is 36.7. The SMILES string of the molecule is CC/C=C\C/C=C\C/C=C\C/C=C\CCCCCCCCCCCCCCCCCCCCCCC(=O)OC(COC(=O)CCCCCCCCCCCCCCCCCCC/C=C\C/C=C\CCCCCCC)COP(=O)(O)OCC[N+](C)(C)C. The highest BCUT2D eigenvalue weighted by Crippen LogP contribution is 2.43. The lowest BCUT2D eigenvalue weighted by molar-refractivity contribution is -0.870. The highest BCUT2D eigenvalue weighted by atomic mass is 31.2. The molecule has 0 saturated heterocycles. The molecule has 2 unspecified atom stereocenters. The second-order valence-corrected chi connectivity index (χ2v) is 27.4. The van der Waals surface area contributed by atoms with E-state index in [-0.39, 0.29) is 25.6 Å². The average molecular weight is 1230 g/mol. The van der Waals surface area contributed by atoms with Crippen molar-refractivity contribution in [2.45, 2.75) is 354 Å². The second kappa shape index (κ2) is 66.9. The van der Waals surface area contributed by atoms with Gasteiger partial charge < -0.3 is 18.9 Å². The van der Waals surface area contributed by atoms with E-state index in [0.29, 0.717) is 23.9 Å². The Kier molecular flexibility index (Phi) is 64.9. The zero-order valence-corrected chi connectivity index (χ0v) is 58.2. The van der Waals surface area contributed by atoms with E-state index >= 15 is 0 Å². The van der Waals surface area contributed by atoms with Gasteiger partial charge in [0.25, 0.3) is 0 Å². The third kappa shape index (κ3) is 70.5. The van der Waals surface area contributed by atoms with Gasteiger partial charge in [-0.2, -0.15) is 0 Å². The predicted octanol–water partition coefficient (Wildman–Crippen LogP) is 23.9. The third-order valence-corrected chi connectivity index (χ3v) is 17.2. The Hall–Kier alpha value is -2.55. The highest BCUT2D eigenvalue weighted by molar-refractivity contribution is 7.47. The van der Waals surface area contributed by atoms with Crippen LogP contribution in [-0.2, 0) is 32.7 Å². The Morgan fingerprint density at radius 1 is 0.372 bits per heavy atom. The van der Waals surface area contributed by atoms with E-state index in [1.807, 2.05) is 21.1 Å². The molecule has 10 heteroatoms. The van der Waals surface area contributed by atoms with Gasteiger partial charge in [-0.1, -0.05) is 324 Å². The topological polar surface area (TPSA) is 108 Å². The van der Waals surface area contributed by atoms with Crippen LogP contribution in [0.25, 0.3) is 0 Å². The number of ether oxygens (including phenoxy) is 2. The molecule has 0 aliphatic carbocycles. The molecule has 502 valence electrons. The van der Waals surface area contributed by atoms with Crippen LogP contribution in [0.5, 0.6) is 0 Å². The Morgan fingerprint density at radius 2 is 0.663 bits per heavy atom. The number of likely N-dealkylation sites (N-methyl/N-ethyl adjacent to an activating group) is 1. The number of quaternary nitrogens is 1. The van der Waals surface area contributed by atoms with Crippen molar-refractivity contribution in [1.82, 2.24) is 0 Å². The number of phosphoric ester groups is 1. The molecule has 0 aromatic rings. The fraction of sp³-hybridized carbons (Fsp3) is 0.816. The van der Waals surface area contributed by atoms with E-state index in [0.717, 1.165) is 64.2 Å². The normalized spacial score (nSPS) is 13.5. The van der Waals surface area contributed by atoms with Crippen molar-refractivity contribution in [3.63, 3.8) is 0 Å². The van der Waals surface area contributed by atoms with E-state index in [4.69, 9.17) is 18.5 Å². The Labute approximate surface area is 533 Å². The van der Waals surface area contributed by atoms with E-state index in [1.165, 1.54) is 250 Å². The molecule has 9 nitrogen and oxygen atoms in total. The molecular weight excluding hydrogens is 1090 g/mol. The van der Waals surface area contributed by atoms with Gasteiger partial charge in [0.05, 0.1) is 27.7 Å². The number of esters is 2. The van der Waals surface area contributed by atoms with Crippen molar-refractivity contribution in [3.05, 3.63) is 72.9 Å². The summed E-state index contributed by atoms with van der Waals surface area (Å²) in [5.74, 6) is -0.780. The summed E-state index contributed by atoms with van der Waals surface area (Å²) in [6.45, 7) is 4.37. The summed E-state index contributed by atoms with van der Waals surface area (Å²) in [5, 5.41) is 0. The van der Waals surface area contributed by atoms with Crippen molar-refractivity contribution < 1.29 is 42.1 Å². The largest absolute Gasteiger partial charge is 0.472 e. The Bertz CT molecular complexity index is 1680. The van der Waals surface area contributed by atoms with Gasteiger partial charge in [0.1, 0.15) is 19.8 Å². The minimum Gasteiger partial charge on any atom is -0.462 e. The fourth-order valence-electron chi connectivity index (χ4n) is 10.6. The zero-order chi connectivity index (χ0) is 62.6. The predicted molar refractivity (Wildman–Crippen MR) is 372 cm³/mol. The molecule has 0 aromatic carbocycles. The van der Waals surface area contributed by atoms with Crippen LogP contribution in [0.3, 0.4) is 0 Å². The van der Waals surface area contributed by atoms with Gasteiger partial charge in [-0.15, -0.1) is 0 Å². The molecular formula is C76H141NO8P+. The van der Waals surface area contributed by atoms with Crippen LogP contribution in [0.2, 0.25) is 0 Å². The number of rotatable bonds is 68. The molecule has 2 atom stereocenters. The molecule has 0 bridgehead atoms. The number of carbonyl (C=O) groups excluding carboxylic acids is 2. The van der Waals surface area contributed by atoms with Crippen LogP contribution in [-0.4, -0.2) is 74.9 Å². The van der Waals surface area contributed by atoms with Crippen LogP contribution in [0.15, 0.2) is 72.9 Å².